The van der Waals surface area contributed by atoms with Crippen molar-refractivity contribution in [3.05, 3.63) is 71.0 Å². The molecule has 0 atom stereocenters. The van der Waals surface area contributed by atoms with E-state index in [0.717, 1.165) is 16.7 Å². The van der Waals surface area contributed by atoms with Crippen LogP contribution in [0.1, 0.15) is 44.4 Å². The number of hydrogen-bond acceptors (Lipinski definition) is 2. The predicted molar refractivity (Wildman–Crippen MR) is 106 cm³/mol. The zero-order valence-corrected chi connectivity index (χ0v) is 16.6. The van der Waals surface area contributed by atoms with E-state index in [0.29, 0.717) is 26.2 Å². The summed E-state index contributed by atoms with van der Waals surface area (Å²) in [7, 11) is 0. The van der Waals surface area contributed by atoms with Gasteiger partial charge in [0, 0.05) is 19.6 Å². The first-order chi connectivity index (χ1) is 12.8. The Kier molecular flexibility index (Phi) is 7.36. The van der Waals surface area contributed by atoms with Gasteiger partial charge >= 0.3 is 6.03 Å². The second kappa shape index (κ2) is 9.51. The smallest absolute Gasteiger partial charge is 0.317 e. The summed E-state index contributed by atoms with van der Waals surface area (Å²) in [4.78, 5) is 14.1. The van der Waals surface area contributed by atoms with E-state index in [9.17, 15) is 9.18 Å². The number of urea groups is 1. The molecule has 2 aromatic carbocycles. The van der Waals surface area contributed by atoms with Crippen LogP contribution in [0.5, 0.6) is 0 Å². The Morgan fingerprint density at radius 1 is 1.07 bits per heavy atom. The van der Waals surface area contributed by atoms with Crippen molar-refractivity contribution in [2.45, 2.75) is 53.0 Å². The molecule has 2 rings (SSSR count). The second-order valence-corrected chi connectivity index (χ2v) is 7.52. The molecule has 0 unspecified atom stereocenters. The van der Waals surface area contributed by atoms with Gasteiger partial charge < -0.3 is 15.0 Å². The normalized spacial score (nSPS) is 11.3. The summed E-state index contributed by atoms with van der Waals surface area (Å²) in [5.41, 5.74) is 2.67. The number of hydrogen-bond donors (Lipinski definition) is 1. The van der Waals surface area contributed by atoms with E-state index in [-0.39, 0.29) is 17.4 Å². The molecule has 2 aromatic rings. The van der Waals surface area contributed by atoms with Crippen LogP contribution in [0.25, 0.3) is 0 Å². The molecule has 27 heavy (non-hydrogen) atoms. The standard InChI is InChI=1S/C22H29FN2O2/c1-5-25(15-18-9-7-11-20(23)13-18)21(26)24-14-17-8-6-10-19(12-17)16-27-22(2,3)4/h6-13H,5,14-16H2,1-4H3,(H,24,26). The lowest BCUT2D eigenvalue weighted by Gasteiger charge is -2.22. The van der Waals surface area contributed by atoms with E-state index in [1.54, 1.807) is 11.0 Å². The molecule has 5 heteroatoms. The second-order valence-electron chi connectivity index (χ2n) is 7.52. The highest BCUT2D eigenvalue weighted by Crippen LogP contribution is 2.13. The molecule has 0 aliphatic heterocycles. The molecule has 1 N–H and O–H groups in total. The first-order valence-electron chi connectivity index (χ1n) is 9.26. The van der Waals surface area contributed by atoms with Crippen LogP contribution in [0.3, 0.4) is 0 Å². The Morgan fingerprint density at radius 2 is 1.74 bits per heavy atom. The molecule has 0 radical (unpaired) electrons. The van der Waals surface area contributed by atoms with Crippen molar-refractivity contribution in [2.24, 2.45) is 0 Å². The van der Waals surface area contributed by atoms with Gasteiger partial charge in [-0.1, -0.05) is 36.4 Å². The summed E-state index contributed by atoms with van der Waals surface area (Å²) in [6.45, 7) is 9.86. The van der Waals surface area contributed by atoms with E-state index in [1.807, 2.05) is 58.0 Å². The number of carbonyl (C=O) groups excluding carboxylic acids is 1. The van der Waals surface area contributed by atoms with E-state index in [1.165, 1.54) is 12.1 Å². The first-order valence-corrected chi connectivity index (χ1v) is 9.26. The maximum Gasteiger partial charge on any atom is 0.317 e. The van der Waals surface area contributed by atoms with Gasteiger partial charge in [0.05, 0.1) is 12.2 Å². The van der Waals surface area contributed by atoms with Gasteiger partial charge in [0.25, 0.3) is 0 Å². The summed E-state index contributed by atoms with van der Waals surface area (Å²) in [5.74, 6) is -0.293. The van der Waals surface area contributed by atoms with Crippen LogP contribution in [0, 0.1) is 5.82 Å². The summed E-state index contributed by atoms with van der Waals surface area (Å²) >= 11 is 0. The van der Waals surface area contributed by atoms with Crippen LogP contribution >= 0.6 is 0 Å². The van der Waals surface area contributed by atoms with Gasteiger partial charge in [-0.05, 0) is 56.5 Å². The highest BCUT2D eigenvalue weighted by molar-refractivity contribution is 5.74. The fourth-order valence-electron chi connectivity index (χ4n) is 2.60. The van der Waals surface area contributed by atoms with Crippen LogP contribution in [-0.4, -0.2) is 23.1 Å². The lowest BCUT2D eigenvalue weighted by atomic mass is 10.1. The Labute approximate surface area is 161 Å². The predicted octanol–water partition coefficient (Wildman–Crippen LogP) is 4.87. The van der Waals surface area contributed by atoms with Crippen LogP contribution in [0.15, 0.2) is 48.5 Å². The zero-order chi connectivity index (χ0) is 19.9. The fraction of sp³-hybridized carbons (Fsp3) is 0.409. The maximum absolute atomic E-state index is 13.3. The summed E-state index contributed by atoms with van der Waals surface area (Å²) in [6.07, 6.45) is 0. The third-order valence-electron chi connectivity index (χ3n) is 4.04. The molecular formula is C22H29FN2O2. The lowest BCUT2D eigenvalue weighted by Crippen LogP contribution is -2.39. The minimum atomic E-state index is -0.293. The molecule has 0 saturated carbocycles. The van der Waals surface area contributed by atoms with Crippen molar-refractivity contribution in [3.63, 3.8) is 0 Å². The Balaban J connectivity index is 1.91. The molecule has 146 valence electrons. The number of rotatable bonds is 7. The minimum Gasteiger partial charge on any atom is -0.371 e. The van der Waals surface area contributed by atoms with Crippen LogP contribution in [0.2, 0.25) is 0 Å². The molecule has 2 amide bonds. The molecule has 0 bridgehead atoms. The molecule has 4 nitrogen and oxygen atoms in total. The highest BCUT2D eigenvalue weighted by atomic mass is 19.1. The number of nitrogens with one attached hydrogen (secondary N) is 1. The molecule has 0 heterocycles. The Morgan fingerprint density at radius 3 is 2.41 bits per heavy atom. The van der Waals surface area contributed by atoms with Crippen LogP contribution in [-0.2, 0) is 24.4 Å². The van der Waals surface area contributed by atoms with Gasteiger partial charge in [0.15, 0.2) is 0 Å². The van der Waals surface area contributed by atoms with Gasteiger partial charge in [-0.2, -0.15) is 0 Å². The van der Waals surface area contributed by atoms with Crippen LogP contribution < -0.4 is 5.32 Å². The topological polar surface area (TPSA) is 41.6 Å². The van der Waals surface area contributed by atoms with Gasteiger partial charge in [0.1, 0.15) is 5.82 Å². The summed E-state index contributed by atoms with van der Waals surface area (Å²) in [6, 6.07) is 14.1. The van der Waals surface area contributed by atoms with E-state index in [2.05, 4.69) is 5.32 Å². The van der Waals surface area contributed by atoms with Gasteiger partial charge in [-0.25, -0.2) is 9.18 Å². The molecule has 0 fully saturated rings. The van der Waals surface area contributed by atoms with Crippen molar-refractivity contribution < 1.29 is 13.9 Å². The largest absolute Gasteiger partial charge is 0.371 e. The van der Waals surface area contributed by atoms with E-state index >= 15 is 0 Å². The van der Waals surface area contributed by atoms with E-state index < -0.39 is 0 Å². The lowest BCUT2D eigenvalue weighted by molar-refractivity contribution is -0.0149. The number of amides is 2. The average molecular weight is 372 g/mol. The van der Waals surface area contributed by atoms with E-state index in [4.69, 9.17) is 4.74 Å². The molecule has 0 aliphatic carbocycles. The monoisotopic (exact) mass is 372 g/mol. The van der Waals surface area contributed by atoms with Gasteiger partial charge in [-0.3, -0.25) is 0 Å². The average Bonchev–Trinajstić information content (AvgIpc) is 2.62. The van der Waals surface area contributed by atoms with Crippen molar-refractivity contribution in [3.8, 4) is 0 Å². The first kappa shape index (κ1) is 20.9. The third-order valence-corrected chi connectivity index (χ3v) is 4.04. The molecule has 0 aromatic heterocycles. The molecular weight excluding hydrogens is 343 g/mol. The zero-order valence-electron chi connectivity index (χ0n) is 16.6. The fourth-order valence-corrected chi connectivity index (χ4v) is 2.60. The Bertz CT molecular complexity index is 756. The summed E-state index contributed by atoms with van der Waals surface area (Å²) < 4.78 is 19.1. The molecule has 0 aliphatic rings. The number of halogens is 1. The highest BCUT2D eigenvalue weighted by Gasteiger charge is 2.13. The quantitative estimate of drug-likeness (QED) is 0.753. The summed E-state index contributed by atoms with van der Waals surface area (Å²) in [5, 5.41) is 2.94. The number of ether oxygens (including phenoxy) is 1. The Hall–Kier alpha value is -2.40. The number of benzene rings is 2. The van der Waals surface area contributed by atoms with Crippen molar-refractivity contribution in [1.82, 2.24) is 10.2 Å². The maximum atomic E-state index is 13.3. The van der Waals surface area contributed by atoms with Crippen LogP contribution in [0.4, 0.5) is 9.18 Å². The third kappa shape index (κ3) is 7.39. The number of nitrogens with zero attached hydrogens (tertiary/aromatic N) is 1. The van der Waals surface area contributed by atoms with Gasteiger partial charge in [-0.15, -0.1) is 0 Å². The minimum absolute atomic E-state index is 0.168. The van der Waals surface area contributed by atoms with Crippen molar-refractivity contribution in [2.75, 3.05) is 6.54 Å². The molecule has 0 spiro atoms. The van der Waals surface area contributed by atoms with Crippen molar-refractivity contribution in [1.29, 1.82) is 0 Å². The molecule has 0 saturated heterocycles. The van der Waals surface area contributed by atoms with Gasteiger partial charge in [0.2, 0.25) is 0 Å². The SMILES string of the molecule is CCN(Cc1cccc(F)c1)C(=O)NCc1cccc(COC(C)(C)C)c1. The number of carbonyl (C=O) groups is 1. The van der Waals surface area contributed by atoms with Crippen molar-refractivity contribution >= 4 is 6.03 Å².